The molecule has 0 radical (unpaired) electrons. The summed E-state index contributed by atoms with van der Waals surface area (Å²) in [6.45, 7) is 4.46. The van der Waals surface area contributed by atoms with E-state index in [0.717, 1.165) is 10.6 Å². The lowest BCUT2D eigenvalue weighted by Crippen LogP contribution is -2.30. The molecule has 1 aromatic rings. The van der Waals surface area contributed by atoms with Crippen LogP contribution >= 0.6 is 0 Å². The quantitative estimate of drug-likeness (QED) is 0.565. The van der Waals surface area contributed by atoms with Gasteiger partial charge in [0.25, 0.3) is 5.91 Å². The summed E-state index contributed by atoms with van der Waals surface area (Å²) in [4.78, 5) is 16.6. The van der Waals surface area contributed by atoms with Crippen molar-refractivity contribution in [1.29, 1.82) is 0 Å². The normalized spacial score (nSPS) is 12.0. The molecule has 0 fully saturated rings. The average molecular weight is 326 g/mol. The summed E-state index contributed by atoms with van der Waals surface area (Å²) in [6, 6.07) is 6.40. The van der Waals surface area contributed by atoms with Gasteiger partial charge in [-0.15, -0.1) is 0 Å². The SMILES string of the molecule is CCN(CC)S(=O)(=O)c1ccc(C=CC(=O)N(C)OC)cc1. The van der Waals surface area contributed by atoms with Crippen LogP contribution in [0.4, 0.5) is 0 Å². The van der Waals surface area contributed by atoms with Crippen molar-refractivity contribution in [1.82, 2.24) is 9.37 Å². The molecule has 0 unspecified atom stereocenters. The summed E-state index contributed by atoms with van der Waals surface area (Å²) in [6.07, 6.45) is 2.96. The minimum Gasteiger partial charge on any atom is -0.274 e. The van der Waals surface area contributed by atoms with E-state index in [1.54, 1.807) is 32.1 Å². The second-order valence-corrected chi connectivity index (χ2v) is 6.45. The van der Waals surface area contributed by atoms with Crippen molar-refractivity contribution < 1.29 is 18.0 Å². The van der Waals surface area contributed by atoms with E-state index in [2.05, 4.69) is 0 Å². The smallest absolute Gasteiger partial charge is 0.269 e. The Balaban J connectivity index is 2.92. The van der Waals surface area contributed by atoms with Gasteiger partial charge in [-0.1, -0.05) is 26.0 Å². The van der Waals surface area contributed by atoms with Crippen molar-refractivity contribution in [2.45, 2.75) is 18.7 Å². The van der Waals surface area contributed by atoms with Gasteiger partial charge in [-0.2, -0.15) is 4.31 Å². The first-order chi connectivity index (χ1) is 10.4. The molecule has 22 heavy (non-hydrogen) atoms. The van der Waals surface area contributed by atoms with Crippen LogP contribution in [0, 0.1) is 0 Å². The van der Waals surface area contributed by atoms with Crippen LogP contribution in [0.5, 0.6) is 0 Å². The van der Waals surface area contributed by atoms with Crippen molar-refractivity contribution in [3.8, 4) is 0 Å². The van der Waals surface area contributed by atoms with Crippen molar-refractivity contribution in [2.24, 2.45) is 0 Å². The number of benzene rings is 1. The largest absolute Gasteiger partial charge is 0.274 e. The maximum absolute atomic E-state index is 12.3. The number of hydrogen-bond acceptors (Lipinski definition) is 4. The Kier molecular flexibility index (Phi) is 6.73. The van der Waals surface area contributed by atoms with Gasteiger partial charge in [-0.3, -0.25) is 9.63 Å². The van der Waals surface area contributed by atoms with Gasteiger partial charge in [0.15, 0.2) is 0 Å². The van der Waals surface area contributed by atoms with E-state index in [1.165, 1.54) is 36.7 Å². The highest BCUT2D eigenvalue weighted by Gasteiger charge is 2.20. The second-order valence-electron chi connectivity index (χ2n) is 4.51. The number of rotatable bonds is 7. The van der Waals surface area contributed by atoms with E-state index in [1.807, 2.05) is 0 Å². The van der Waals surface area contributed by atoms with Gasteiger partial charge in [0, 0.05) is 26.2 Å². The number of carbonyl (C=O) groups is 1. The Morgan fingerprint density at radius 3 is 2.18 bits per heavy atom. The number of likely N-dealkylation sites (N-methyl/N-ethyl adjacent to an activating group) is 1. The van der Waals surface area contributed by atoms with Crippen molar-refractivity contribution in [3.05, 3.63) is 35.9 Å². The molecule has 1 aromatic carbocycles. The molecule has 1 rings (SSSR count). The minimum absolute atomic E-state index is 0.244. The molecule has 0 aliphatic heterocycles. The van der Waals surface area contributed by atoms with Crippen LogP contribution in [-0.4, -0.2) is 50.9 Å². The molecule has 0 N–H and O–H groups in total. The molecule has 122 valence electrons. The zero-order valence-corrected chi connectivity index (χ0v) is 14.1. The molecule has 0 spiro atoms. The zero-order chi connectivity index (χ0) is 16.8. The van der Waals surface area contributed by atoms with E-state index < -0.39 is 10.0 Å². The topological polar surface area (TPSA) is 66.9 Å². The minimum atomic E-state index is -3.45. The van der Waals surface area contributed by atoms with Gasteiger partial charge < -0.3 is 0 Å². The number of amides is 1. The molecule has 0 saturated carbocycles. The Bertz CT molecular complexity index is 619. The monoisotopic (exact) mass is 326 g/mol. The molecular formula is C15H22N2O4S. The van der Waals surface area contributed by atoms with Crippen LogP contribution in [0.1, 0.15) is 19.4 Å². The number of nitrogens with zero attached hydrogens (tertiary/aromatic N) is 2. The highest BCUT2D eigenvalue weighted by molar-refractivity contribution is 7.89. The average Bonchev–Trinajstić information content (AvgIpc) is 2.53. The number of hydrogen-bond donors (Lipinski definition) is 0. The third kappa shape index (κ3) is 4.40. The maximum atomic E-state index is 12.3. The molecule has 0 saturated heterocycles. The van der Waals surface area contributed by atoms with Gasteiger partial charge in [0.1, 0.15) is 0 Å². The summed E-state index contributed by atoms with van der Waals surface area (Å²) in [5.74, 6) is -0.303. The van der Waals surface area contributed by atoms with Crippen molar-refractivity contribution in [3.63, 3.8) is 0 Å². The molecule has 6 nitrogen and oxygen atoms in total. The van der Waals surface area contributed by atoms with Crippen LogP contribution in [0.15, 0.2) is 35.2 Å². The van der Waals surface area contributed by atoms with Crippen LogP contribution in [0.2, 0.25) is 0 Å². The Hall–Kier alpha value is -1.70. The lowest BCUT2D eigenvalue weighted by atomic mass is 10.2. The molecule has 0 aromatic heterocycles. The van der Waals surface area contributed by atoms with E-state index in [4.69, 9.17) is 4.84 Å². The maximum Gasteiger partial charge on any atom is 0.269 e. The molecular weight excluding hydrogens is 304 g/mol. The van der Waals surface area contributed by atoms with E-state index >= 15 is 0 Å². The highest BCUT2D eigenvalue weighted by Crippen LogP contribution is 2.16. The third-order valence-corrected chi connectivity index (χ3v) is 5.29. The lowest BCUT2D eigenvalue weighted by Gasteiger charge is -2.18. The molecule has 0 aliphatic rings. The lowest BCUT2D eigenvalue weighted by molar-refractivity contribution is -0.162. The van der Waals surface area contributed by atoms with E-state index in [9.17, 15) is 13.2 Å². The Morgan fingerprint density at radius 1 is 1.18 bits per heavy atom. The predicted molar refractivity (Wildman–Crippen MR) is 85.4 cm³/mol. The van der Waals surface area contributed by atoms with Gasteiger partial charge in [-0.05, 0) is 23.8 Å². The summed E-state index contributed by atoms with van der Waals surface area (Å²) >= 11 is 0. The summed E-state index contributed by atoms with van der Waals surface area (Å²) in [5.41, 5.74) is 0.733. The van der Waals surface area contributed by atoms with Crippen molar-refractivity contribution >= 4 is 22.0 Å². The number of hydroxylamine groups is 2. The first kappa shape index (κ1) is 18.3. The van der Waals surface area contributed by atoms with Gasteiger partial charge in [0.2, 0.25) is 10.0 Å². The van der Waals surface area contributed by atoms with Crippen LogP contribution in [0.25, 0.3) is 6.08 Å². The zero-order valence-electron chi connectivity index (χ0n) is 13.3. The fourth-order valence-electron chi connectivity index (χ4n) is 1.83. The summed E-state index contributed by atoms with van der Waals surface area (Å²) < 4.78 is 26.1. The molecule has 0 aliphatic carbocycles. The Morgan fingerprint density at radius 2 is 1.73 bits per heavy atom. The van der Waals surface area contributed by atoms with Gasteiger partial charge in [0.05, 0.1) is 12.0 Å². The Labute approximate surface area is 132 Å². The van der Waals surface area contributed by atoms with Crippen LogP contribution in [0.3, 0.4) is 0 Å². The predicted octanol–water partition coefficient (Wildman–Crippen LogP) is 1.75. The summed E-state index contributed by atoms with van der Waals surface area (Å²) in [5, 5.41) is 1.09. The number of sulfonamides is 1. The molecule has 0 atom stereocenters. The van der Waals surface area contributed by atoms with Gasteiger partial charge >= 0.3 is 0 Å². The first-order valence-corrected chi connectivity index (χ1v) is 8.40. The third-order valence-electron chi connectivity index (χ3n) is 3.23. The molecule has 0 bridgehead atoms. The molecule has 7 heteroatoms. The van der Waals surface area contributed by atoms with Crippen LogP contribution in [-0.2, 0) is 19.7 Å². The standard InChI is InChI=1S/C15H22N2O4S/c1-5-17(6-2)22(19,20)14-10-7-13(8-11-14)9-12-15(18)16(3)21-4/h7-12H,5-6H2,1-4H3. The van der Waals surface area contributed by atoms with E-state index in [-0.39, 0.29) is 10.8 Å². The fourth-order valence-corrected chi connectivity index (χ4v) is 3.28. The fraction of sp³-hybridized carbons (Fsp3) is 0.400. The highest BCUT2D eigenvalue weighted by atomic mass is 32.2. The van der Waals surface area contributed by atoms with E-state index in [0.29, 0.717) is 13.1 Å². The van der Waals surface area contributed by atoms with Gasteiger partial charge in [-0.25, -0.2) is 13.5 Å². The van der Waals surface area contributed by atoms with Crippen molar-refractivity contribution in [2.75, 3.05) is 27.2 Å². The van der Waals surface area contributed by atoms with Crippen LogP contribution < -0.4 is 0 Å². The summed E-state index contributed by atoms with van der Waals surface area (Å²) in [7, 11) is -0.545. The molecule has 1 amide bonds. The first-order valence-electron chi connectivity index (χ1n) is 6.96. The number of carbonyl (C=O) groups excluding carboxylic acids is 1. The molecule has 0 heterocycles. The second kappa shape index (κ2) is 8.07.